The summed E-state index contributed by atoms with van der Waals surface area (Å²) in [5, 5.41) is 40.1. The number of aliphatic hydroxyl groups is 1. The van der Waals surface area contributed by atoms with Gasteiger partial charge in [-0.3, -0.25) is 19.4 Å². The van der Waals surface area contributed by atoms with Gasteiger partial charge < -0.3 is 49.7 Å². The molecule has 4 aromatic rings. The first-order valence-corrected chi connectivity index (χ1v) is 27.0. The van der Waals surface area contributed by atoms with Crippen LogP contribution in [0.2, 0.25) is 0 Å². The number of benzene rings is 2. The second-order valence-electron chi connectivity index (χ2n) is 21.6. The summed E-state index contributed by atoms with van der Waals surface area (Å²) in [7, 11) is 1.88. The number of carbonyl (C=O) groups excluding carboxylic acids is 2. The summed E-state index contributed by atoms with van der Waals surface area (Å²) in [6.45, 7) is 18.1. The number of piperazine rings is 1. The first kappa shape index (κ1) is 53.0. The number of aliphatic hydroxyl groups excluding tert-OH is 1. The number of rotatable bonds is 17. The SMILES string of the molecule is C#Cc1ccc(CNC(=O)[C@@H]2C[C@@H](O)CN2C(=O)C(c2cc(OCCN3CCC(N4CCC(N5CCC(CN6CCN(c7cc(-c8ccccc8O)nnc7NC)[C@@H](C)C6)CC5)CC4)CC3)no2)C(C)C)c(F)c1. The van der Waals surface area contributed by atoms with Gasteiger partial charge in [0.15, 0.2) is 11.6 Å². The Kier molecular flexibility index (Phi) is 17.4. The van der Waals surface area contributed by atoms with Crippen LogP contribution in [0.25, 0.3) is 11.3 Å². The molecule has 4 N–H and O–H groups in total. The molecule has 5 aliphatic rings. The maximum Gasteiger partial charge on any atom is 0.254 e. The van der Waals surface area contributed by atoms with Gasteiger partial charge in [-0.05, 0) is 132 Å². The molecule has 0 radical (unpaired) electrons. The number of ether oxygens (including phenoxy) is 1. The Morgan fingerprint density at radius 3 is 2.30 bits per heavy atom. The molecule has 5 fully saturated rings. The predicted octanol–water partition coefficient (Wildman–Crippen LogP) is 5.25. The van der Waals surface area contributed by atoms with Crippen molar-refractivity contribution in [1.29, 1.82) is 0 Å². The van der Waals surface area contributed by atoms with Crippen LogP contribution < -0.4 is 20.3 Å². The number of carbonyl (C=O) groups is 2. The number of terminal acetylenes is 1. The molecule has 2 aromatic heterocycles. The third kappa shape index (κ3) is 12.5. The average molecular weight is 1020 g/mol. The Labute approximate surface area is 435 Å². The number of hydrogen-bond donors (Lipinski definition) is 4. The second kappa shape index (κ2) is 24.2. The highest BCUT2D eigenvalue weighted by Gasteiger charge is 2.43. The average Bonchev–Trinajstić information content (AvgIpc) is 4.05. The largest absolute Gasteiger partial charge is 0.507 e. The summed E-state index contributed by atoms with van der Waals surface area (Å²) in [5.41, 5.74) is 3.06. The van der Waals surface area contributed by atoms with E-state index in [-0.39, 0.29) is 42.6 Å². The molecule has 4 atom stereocenters. The van der Waals surface area contributed by atoms with E-state index >= 15 is 0 Å². The van der Waals surface area contributed by atoms with Gasteiger partial charge in [0.05, 0.1) is 17.5 Å². The number of hydrogen-bond acceptors (Lipinski definition) is 15. The topological polar surface area (TPSA) is 179 Å². The smallest absolute Gasteiger partial charge is 0.254 e. The van der Waals surface area contributed by atoms with Crippen LogP contribution in [0.5, 0.6) is 11.6 Å². The van der Waals surface area contributed by atoms with Gasteiger partial charge in [-0.1, -0.05) is 38.0 Å². The number of phenols is 1. The molecule has 1 unspecified atom stereocenters. The molecule has 9 rings (SSSR count). The first-order valence-electron chi connectivity index (χ1n) is 27.0. The number of aromatic nitrogens is 3. The van der Waals surface area contributed by atoms with Gasteiger partial charge in [-0.15, -0.1) is 16.6 Å². The highest BCUT2D eigenvalue weighted by molar-refractivity contribution is 5.91. The number of piperidine rings is 3. The molecule has 5 aliphatic heterocycles. The third-order valence-electron chi connectivity index (χ3n) is 16.4. The van der Waals surface area contributed by atoms with Gasteiger partial charge >= 0.3 is 0 Å². The fraction of sp³-hybridized carbons (Fsp3) is 0.589. The maximum absolute atomic E-state index is 14.6. The van der Waals surface area contributed by atoms with E-state index in [4.69, 9.17) is 15.7 Å². The number of nitrogens with one attached hydrogen (secondary N) is 2. The van der Waals surface area contributed by atoms with E-state index in [0.29, 0.717) is 53.2 Å². The van der Waals surface area contributed by atoms with Gasteiger partial charge in [0, 0.05) is 100 Å². The number of amides is 2. The fourth-order valence-electron chi connectivity index (χ4n) is 12.2. The zero-order valence-corrected chi connectivity index (χ0v) is 43.7. The molecule has 0 saturated carbocycles. The van der Waals surface area contributed by atoms with Crippen LogP contribution in [0.3, 0.4) is 0 Å². The number of nitrogens with zero attached hydrogens (tertiary/aromatic N) is 9. The Hall–Kier alpha value is -5.84. The lowest BCUT2D eigenvalue weighted by molar-refractivity contribution is -0.141. The Morgan fingerprint density at radius 2 is 1.62 bits per heavy atom. The minimum absolute atomic E-state index is 0.00365. The number of phenolic OH excluding ortho intramolecular Hbond substituents is 1. The number of aromatic hydroxyl groups is 1. The quantitative estimate of drug-likeness (QED) is 0.101. The van der Waals surface area contributed by atoms with Crippen molar-refractivity contribution in [1.82, 2.24) is 45.2 Å². The summed E-state index contributed by atoms with van der Waals surface area (Å²) >= 11 is 0. The molecule has 0 spiro atoms. The van der Waals surface area contributed by atoms with E-state index in [9.17, 15) is 24.2 Å². The molecule has 0 aliphatic carbocycles. The van der Waals surface area contributed by atoms with E-state index in [1.54, 1.807) is 18.2 Å². The lowest BCUT2D eigenvalue weighted by atomic mass is 9.91. The van der Waals surface area contributed by atoms with Gasteiger partial charge in [0.1, 0.15) is 30.1 Å². The van der Waals surface area contributed by atoms with Crippen molar-refractivity contribution < 1.29 is 33.5 Å². The molecule has 2 amide bonds. The Bertz CT molecular complexity index is 2570. The Balaban J connectivity index is 0.663. The molecular formula is C56H76FN11O6. The van der Waals surface area contributed by atoms with Crippen molar-refractivity contribution in [3.05, 3.63) is 77.3 Å². The van der Waals surface area contributed by atoms with Crippen LogP contribution in [-0.4, -0.2) is 184 Å². The van der Waals surface area contributed by atoms with E-state index < -0.39 is 29.8 Å². The zero-order valence-electron chi connectivity index (χ0n) is 43.7. The number of anilines is 2. The van der Waals surface area contributed by atoms with Gasteiger partial charge in [0.25, 0.3) is 5.88 Å². The van der Waals surface area contributed by atoms with Gasteiger partial charge in [-0.2, -0.15) is 0 Å². The van der Waals surface area contributed by atoms with Crippen LogP contribution in [-0.2, 0) is 16.1 Å². The van der Waals surface area contributed by atoms with Crippen LogP contribution in [0.15, 0.2) is 59.1 Å². The number of likely N-dealkylation sites (tertiary alicyclic amines) is 4. The molecule has 7 heterocycles. The van der Waals surface area contributed by atoms with Crippen molar-refractivity contribution in [2.24, 2.45) is 11.8 Å². The van der Waals surface area contributed by atoms with E-state index in [2.05, 4.69) is 69.4 Å². The molecule has 5 saturated heterocycles. The van der Waals surface area contributed by atoms with E-state index in [1.807, 2.05) is 39.1 Å². The zero-order chi connectivity index (χ0) is 51.9. The molecule has 398 valence electrons. The van der Waals surface area contributed by atoms with Crippen LogP contribution in [0, 0.1) is 30.0 Å². The summed E-state index contributed by atoms with van der Waals surface area (Å²) < 4.78 is 26.3. The fourth-order valence-corrected chi connectivity index (χ4v) is 12.2. The Morgan fingerprint density at radius 1 is 0.905 bits per heavy atom. The summed E-state index contributed by atoms with van der Waals surface area (Å²) in [6.07, 6.45) is 11.9. The summed E-state index contributed by atoms with van der Waals surface area (Å²) in [5.74, 6) is 2.42. The van der Waals surface area contributed by atoms with Crippen LogP contribution in [0.1, 0.15) is 88.5 Å². The molecule has 2 aromatic carbocycles. The lowest BCUT2D eigenvalue weighted by Crippen LogP contribution is -2.54. The van der Waals surface area contributed by atoms with Gasteiger partial charge in [0.2, 0.25) is 11.8 Å². The van der Waals surface area contributed by atoms with E-state index in [1.165, 1.54) is 68.9 Å². The highest BCUT2D eigenvalue weighted by atomic mass is 19.1. The maximum atomic E-state index is 14.6. The monoisotopic (exact) mass is 1020 g/mol. The van der Waals surface area contributed by atoms with Crippen LogP contribution in [0.4, 0.5) is 15.9 Å². The standard InChI is InChI=1S/C56H76FN11O6/c1-6-39-11-12-41(46(57)29-39)33-59-55(71)49-30-44(69)36-68(49)56(72)53(37(2)3)51-32-52(62-74-51)73-28-27-63-19-15-42(16-20-63)66-23-17-43(18-24-66)65-21-13-40(14-22-65)35-64-25-26-67(38(4)34-64)48-31-47(60-61-54(48)58-5)45-9-7-8-10-50(45)70/h1,7-12,29,31-32,37-38,40,42-44,49,53,69-70H,13-28,30,33-36H2,2-5H3,(H,58,61)(H,59,71)/t38-,44+,49-,53?/m0/s1. The molecule has 18 heteroatoms. The number of para-hydroxylation sites is 1. The lowest BCUT2D eigenvalue weighted by Gasteiger charge is -2.46. The van der Waals surface area contributed by atoms with Crippen molar-refractivity contribution in [3.8, 4) is 35.2 Å². The molecule has 74 heavy (non-hydrogen) atoms. The van der Waals surface area contributed by atoms with Gasteiger partial charge in [-0.25, -0.2) is 4.39 Å². The normalized spacial score (nSPS) is 22.8. The summed E-state index contributed by atoms with van der Waals surface area (Å²) in [4.78, 5) is 41.9. The minimum atomic E-state index is -0.925. The molecule has 17 nitrogen and oxygen atoms in total. The van der Waals surface area contributed by atoms with Crippen molar-refractivity contribution in [2.45, 2.75) is 108 Å². The third-order valence-corrected chi connectivity index (χ3v) is 16.4. The van der Waals surface area contributed by atoms with Crippen LogP contribution >= 0.6 is 0 Å². The number of halogens is 1. The predicted molar refractivity (Wildman–Crippen MR) is 282 cm³/mol. The first-order chi connectivity index (χ1) is 35.8. The molecular weight excluding hydrogens is 942 g/mol. The van der Waals surface area contributed by atoms with Crippen molar-refractivity contribution in [2.75, 3.05) is 102 Å². The van der Waals surface area contributed by atoms with E-state index in [0.717, 1.165) is 76.1 Å². The molecule has 0 bridgehead atoms. The summed E-state index contributed by atoms with van der Waals surface area (Å²) in [6, 6.07) is 16.1. The number of β-amino-alcohol motifs (C(OH)–C–C–N with tert-alkyl or cyclic N) is 1. The van der Waals surface area contributed by atoms with Crippen molar-refractivity contribution >= 4 is 23.3 Å². The highest BCUT2D eigenvalue weighted by Crippen LogP contribution is 2.36. The van der Waals surface area contributed by atoms with Crippen molar-refractivity contribution in [3.63, 3.8) is 0 Å². The second-order valence-corrected chi connectivity index (χ2v) is 21.6. The minimum Gasteiger partial charge on any atom is -0.507 e.